The van der Waals surface area contributed by atoms with E-state index in [1.165, 1.54) is 0 Å². The van der Waals surface area contributed by atoms with Crippen molar-refractivity contribution in [2.24, 2.45) is 11.7 Å². The molecule has 5 nitrogen and oxygen atoms in total. The lowest BCUT2D eigenvalue weighted by Crippen LogP contribution is -2.41. The molecule has 2 unspecified atom stereocenters. The molecule has 5 heteroatoms. The molecule has 0 spiro atoms. The van der Waals surface area contributed by atoms with Crippen molar-refractivity contribution in [2.75, 3.05) is 20.7 Å². The third-order valence-corrected chi connectivity index (χ3v) is 3.97. The molecule has 1 aromatic heterocycles. The number of methoxy groups -OCH3 is 1. The van der Waals surface area contributed by atoms with Crippen molar-refractivity contribution in [2.45, 2.75) is 25.3 Å². The normalized spacial score (nSPS) is 22.3. The van der Waals surface area contributed by atoms with E-state index in [1.54, 1.807) is 25.6 Å². The number of hydrogen-bond acceptors (Lipinski definition) is 4. The molecule has 1 aromatic rings. The monoisotopic (exact) mass is 263 g/mol. The Kier molecular flexibility index (Phi) is 4.37. The number of hydrogen-bond donors (Lipinski definition) is 1. The number of rotatable bonds is 4. The molecular formula is C14H21N3O2. The lowest BCUT2D eigenvalue weighted by molar-refractivity contribution is 0.0696. The Morgan fingerprint density at radius 1 is 1.58 bits per heavy atom. The molecule has 0 aliphatic heterocycles. The molecule has 2 rings (SSSR count). The van der Waals surface area contributed by atoms with Crippen molar-refractivity contribution in [3.63, 3.8) is 0 Å². The number of amides is 1. The zero-order chi connectivity index (χ0) is 13.8. The topological polar surface area (TPSA) is 68.5 Å². The summed E-state index contributed by atoms with van der Waals surface area (Å²) in [6.45, 7) is 0.635. The Bertz CT molecular complexity index is 450. The van der Waals surface area contributed by atoms with Gasteiger partial charge in [0.25, 0.3) is 5.91 Å². The van der Waals surface area contributed by atoms with E-state index in [0.29, 0.717) is 23.8 Å². The molecule has 2 N–H and O–H groups in total. The highest BCUT2D eigenvalue weighted by Crippen LogP contribution is 2.30. The van der Waals surface area contributed by atoms with Gasteiger partial charge in [-0.3, -0.25) is 9.78 Å². The number of carbonyl (C=O) groups is 1. The van der Waals surface area contributed by atoms with Crippen LogP contribution in [0, 0.1) is 5.92 Å². The third-order valence-electron chi connectivity index (χ3n) is 3.97. The van der Waals surface area contributed by atoms with Gasteiger partial charge in [0.2, 0.25) is 0 Å². The summed E-state index contributed by atoms with van der Waals surface area (Å²) < 4.78 is 5.20. The van der Waals surface area contributed by atoms with Gasteiger partial charge in [0.05, 0.1) is 18.9 Å². The molecule has 0 radical (unpaired) electrons. The summed E-state index contributed by atoms with van der Waals surface area (Å²) in [5.41, 5.74) is 6.34. The Morgan fingerprint density at radius 3 is 3.05 bits per heavy atom. The molecule has 104 valence electrons. The van der Waals surface area contributed by atoms with Crippen LogP contribution in [0.2, 0.25) is 0 Å². The van der Waals surface area contributed by atoms with Crippen LogP contribution in [0.1, 0.15) is 29.6 Å². The van der Waals surface area contributed by atoms with Gasteiger partial charge in [-0.05, 0) is 31.4 Å². The van der Waals surface area contributed by atoms with Crippen LogP contribution in [-0.4, -0.2) is 42.5 Å². The quantitative estimate of drug-likeness (QED) is 0.888. The molecule has 1 fully saturated rings. The number of carbonyl (C=O) groups excluding carboxylic acids is 1. The fourth-order valence-electron chi connectivity index (χ4n) is 2.86. The van der Waals surface area contributed by atoms with E-state index in [2.05, 4.69) is 4.98 Å². The fourth-order valence-corrected chi connectivity index (χ4v) is 2.86. The average Bonchev–Trinajstić information content (AvgIpc) is 2.94. The number of aromatic nitrogens is 1. The summed E-state index contributed by atoms with van der Waals surface area (Å²) >= 11 is 0. The fraction of sp³-hybridized carbons (Fsp3) is 0.571. The van der Waals surface area contributed by atoms with E-state index in [4.69, 9.17) is 10.5 Å². The van der Waals surface area contributed by atoms with Gasteiger partial charge in [-0.25, -0.2) is 0 Å². The molecule has 0 aromatic carbocycles. The van der Waals surface area contributed by atoms with Crippen LogP contribution in [0.5, 0.6) is 5.75 Å². The summed E-state index contributed by atoms with van der Waals surface area (Å²) in [5, 5.41) is 0. The minimum atomic E-state index is -0.0235. The van der Waals surface area contributed by atoms with E-state index in [9.17, 15) is 4.79 Å². The van der Waals surface area contributed by atoms with Crippen molar-refractivity contribution in [1.29, 1.82) is 0 Å². The molecule has 1 aliphatic carbocycles. The second kappa shape index (κ2) is 6.02. The van der Waals surface area contributed by atoms with Crippen LogP contribution in [0.3, 0.4) is 0 Å². The van der Waals surface area contributed by atoms with Gasteiger partial charge in [-0.15, -0.1) is 0 Å². The van der Waals surface area contributed by atoms with Gasteiger partial charge in [0.1, 0.15) is 5.75 Å². The Hall–Kier alpha value is -1.62. The maximum Gasteiger partial charge on any atom is 0.257 e. The number of nitrogens with zero attached hydrogens (tertiary/aromatic N) is 2. The predicted molar refractivity (Wildman–Crippen MR) is 73.1 cm³/mol. The van der Waals surface area contributed by atoms with Crippen molar-refractivity contribution in [3.05, 3.63) is 24.0 Å². The highest BCUT2D eigenvalue weighted by molar-refractivity contribution is 5.96. The van der Waals surface area contributed by atoms with Crippen LogP contribution >= 0.6 is 0 Å². The van der Waals surface area contributed by atoms with E-state index in [-0.39, 0.29) is 11.9 Å². The van der Waals surface area contributed by atoms with E-state index in [0.717, 1.165) is 19.3 Å². The van der Waals surface area contributed by atoms with Gasteiger partial charge in [0, 0.05) is 19.3 Å². The summed E-state index contributed by atoms with van der Waals surface area (Å²) in [6, 6.07) is 1.93. The van der Waals surface area contributed by atoms with E-state index >= 15 is 0 Å². The van der Waals surface area contributed by atoms with Crippen molar-refractivity contribution in [1.82, 2.24) is 9.88 Å². The molecule has 1 heterocycles. The summed E-state index contributed by atoms with van der Waals surface area (Å²) in [6.07, 6.45) is 6.44. The Labute approximate surface area is 113 Å². The van der Waals surface area contributed by atoms with Crippen LogP contribution in [0.4, 0.5) is 0 Å². The minimum Gasteiger partial charge on any atom is -0.494 e. The van der Waals surface area contributed by atoms with Crippen LogP contribution in [0.25, 0.3) is 0 Å². The van der Waals surface area contributed by atoms with Crippen LogP contribution in [0.15, 0.2) is 18.5 Å². The van der Waals surface area contributed by atoms with Crippen molar-refractivity contribution in [3.8, 4) is 5.75 Å². The molecule has 1 amide bonds. The zero-order valence-electron chi connectivity index (χ0n) is 11.5. The first-order valence-electron chi connectivity index (χ1n) is 6.64. The second-order valence-corrected chi connectivity index (χ2v) is 4.99. The largest absolute Gasteiger partial charge is 0.494 e. The zero-order valence-corrected chi connectivity index (χ0v) is 11.5. The molecular weight excluding hydrogens is 242 g/mol. The first-order valence-corrected chi connectivity index (χ1v) is 6.64. The van der Waals surface area contributed by atoms with E-state index in [1.807, 2.05) is 11.9 Å². The third kappa shape index (κ3) is 2.71. The maximum atomic E-state index is 12.6. The molecule has 1 aliphatic rings. The SMILES string of the molecule is COc1cnccc1C(=O)N(C)C1CCCC1CN. The molecule has 19 heavy (non-hydrogen) atoms. The van der Waals surface area contributed by atoms with E-state index < -0.39 is 0 Å². The van der Waals surface area contributed by atoms with Gasteiger partial charge in [0.15, 0.2) is 0 Å². The first kappa shape index (κ1) is 13.8. The number of pyridine rings is 1. The van der Waals surface area contributed by atoms with Crippen molar-refractivity contribution >= 4 is 5.91 Å². The van der Waals surface area contributed by atoms with Crippen LogP contribution in [-0.2, 0) is 0 Å². The number of nitrogens with two attached hydrogens (primary N) is 1. The van der Waals surface area contributed by atoms with Crippen molar-refractivity contribution < 1.29 is 9.53 Å². The van der Waals surface area contributed by atoms with Gasteiger partial charge < -0.3 is 15.4 Å². The van der Waals surface area contributed by atoms with Crippen LogP contribution < -0.4 is 10.5 Å². The second-order valence-electron chi connectivity index (χ2n) is 4.99. The van der Waals surface area contributed by atoms with Gasteiger partial charge in [-0.1, -0.05) is 6.42 Å². The first-order chi connectivity index (χ1) is 9.19. The van der Waals surface area contributed by atoms with Gasteiger partial charge in [-0.2, -0.15) is 0 Å². The molecule has 1 saturated carbocycles. The highest BCUT2D eigenvalue weighted by Gasteiger charge is 2.32. The summed E-state index contributed by atoms with van der Waals surface area (Å²) in [5.74, 6) is 0.896. The molecule has 0 saturated heterocycles. The smallest absolute Gasteiger partial charge is 0.257 e. The summed E-state index contributed by atoms with van der Waals surface area (Å²) in [7, 11) is 3.40. The maximum absolute atomic E-state index is 12.6. The van der Waals surface area contributed by atoms with Gasteiger partial charge >= 0.3 is 0 Å². The average molecular weight is 263 g/mol. The lowest BCUT2D eigenvalue weighted by Gasteiger charge is -2.29. The standard InChI is InChI=1S/C14H21N3O2/c1-17(12-5-3-4-10(12)8-15)14(18)11-6-7-16-9-13(11)19-2/h6-7,9-10,12H,3-5,8,15H2,1-2H3. The molecule has 2 atom stereocenters. The minimum absolute atomic E-state index is 0.0235. The Morgan fingerprint density at radius 2 is 2.37 bits per heavy atom. The number of ether oxygens (including phenoxy) is 1. The highest BCUT2D eigenvalue weighted by atomic mass is 16.5. The summed E-state index contributed by atoms with van der Waals surface area (Å²) in [4.78, 5) is 18.3. The predicted octanol–water partition coefficient (Wildman–Crippen LogP) is 1.29. The molecule has 0 bridgehead atoms. The lowest BCUT2D eigenvalue weighted by atomic mass is 10.0. The Balaban J connectivity index is 2.19.